The van der Waals surface area contributed by atoms with Crippen LogP contribution in [0.1, 0.15) is 32.8 Å². The Labute approximate surface area is 161 Å². The second kappa shape index (κ2) is 10.4. The molecule has 0 aliphatic heterocycles. The molecule has 0 atom stereocenters. The van der Waals surface area contributed by atoms with Crippen molar-refractivity contribution in [1.29, 1.82) is 0 Å². The van der Waals surface area contributed by atoms with E-state index in [9.17, 15) is 9.59 Å². The maximum absolute atomic E-state index is 12.4. The van der Waals surface area contributed by atoms with Gasteiger partial charge in [-0.15, -0.1) is 0 Å². The highest BCUT2D eigenvalue weighted by Gasteiger charge is 2.15. The standard InChI is InChI=1S/C22H28N2O3/c1-17(2)27-21-14-8-7-13-20(21)23-22(26)16-24(18(3)25)15-9-12-19-10-5-4-6-11-19/h4-8,10-11,13-14,17H,9,12,15-16H2,1-3H3,(H,23,26). The first-order valence-corrected chi connectivity index (χ1v) is 9.30. The summed E-state index contributed by atoms with van der Waals surface area (Å²) in [7, 11) is 0. The fourth-order valence-corrected chi connectivity index (χ4v) is 2.76. The summed E-state index contributed by atoms with van der Waals surface area (Å²) in [5.41, 5.74) is 1.84. The number of hydrogen-bond acceptors (Lipinski definition) is 3. The van der Waals surface area contributed by atoms with E-state index >= 15 is 0 Å². The third kappa shape index (κ3) is 7.13. The quantitative estimate of drug-likeness (QED) is 0.730. The predicted molar refractivity (Wildman–Crippen MR) is 108 cm³/mol. The Hall–Kier alpha value is -2.82. The number of rotatable bonds is 9. The summed E-state index contributed by atoms with van der Waals surface area (Å²) in [5, 5.41) is 2.85. The number of hydrogen-bond donors (Lipinski definition) is 1. The van der Waals surface area contributed by atoms with E-state index in [1.165, 1.54) is 12.5 Å². The van der Waals surface area contributed by atoms with Gasteiger partial charge in [-0.25, -0.2) is 0 Å². The molecule has 0 radical (unpaired) electrons. The van der Waals surface area contributed by atoms with Gasteiger partial charge < -0.3 is 15.0 Å². The Kier molecular flexibility index (Phi) is 7.86. The number of para-hydroxylation sites is 2. The summed E-state index contributed by atoms with van der Waals surface area (Å²) in [6.07, 6.45) is 1.69. The molecule has 0 spiro atoms. The minimum atomic E-state index is -0.232. The highest BCUT2D eigenvalue weighted by atomic mass is 16.5. The van der Waals surface area contributed by atoms with E-state index in [4.69, 9.17) is 4.74 Å². The number of benzene rings is 2. The van der Waals surface area contributed by atoms with Crippen LogP contribution in [0.15, 0.2) is 54.6 Å². The Bertz CT molecular complexity index is 744. The van der Waals surface area contributed by atoms with Crippen molar-refractivity contribution in [2.24, 2.45) is 0 Å². The molecule has 0 heterocycles. The van der Waals surface area contributed by atoms with Gasteiger partial charge in [0.1, 0.15) is 5.75 Å². The van der Waals surface area contributed by atoms with Crippen LogP contribution in [0.25, 0.3) is 0 Å². The molecule has 2 aromatic rings. The van der Waals surface area contributed by atoms with Crippen LogP contribution in [0.5, 0.6) is 5.75 Å². The second-order valence-electron chi connectivity index (χ2n) is 6.74. The van der Waals surface area contributed by atoms with Gasteiger partial charge in [0.2, 0.25) is 11.8 Å². The molecule has 0 saturated carbocycles. The lowest BCUT2D eigenvalue weighted by Crippen LogP contribution is -2.37. The number of anilines is 1. The van der Waals surface area contributed by atoms with Gasteiger partial charge in [0.15, 0.2) is 0 Å². The van der Waals surface area contributed by atoms with Crippen molar-refractivity contribution < 1.29 is 14.3 Å². The Morgan fingerprint density at radius 1 is 1.04 bits per heavy atom. The molecule has 0 unspecified atom stereocenters. The van der Waals surface area contributed by atoms with Crippen molar-refractivity contribution in [3.63, 3.8) is 0 Å². The van der Waals surface area contributed by atoms with E-state index in [2.05, 4.69) is 17.4 Å². The van der Waals surface area contributed by atoms with Crippen LogP contribution >= 0.6 is 0 Å². The molecule has 27 heavy (non-hydrogen) atoms. The van der Waals surface area contributed by atoms with Gasteiger partial charge in [0, 0.05) is 13.5 Å². The molecule has 2 rings (SSSR count). The molecule has 2 amide bonds. The first kappa shape index (κ1) is 20.5. The lowest BCUT2D eigenvalue weighted by atomic mass is 10.1. The summed E-state index contributed by atoms with van der Waals surface area (Å²) in [5.74, 6) is 0.286. The first-order chi connectivity index (χ1) is 13.0. The highest BCUT2D eigenvalue weighted by molar-refractivity contribution is 5.95. The third-order valence-electron chi connectivity index (χ3n) is 4.04. The van der Waals surface area contributed by atoms with Crippen LogP contribution in [0.3, 0.4) is 0 Å². The molecule has 0 aliphatic rings. The molecule has 2 aromatic carbocycles. The molecule has 0 fully saturated rings. The summed E-state index contributed by atoms with van der Waals surface area (Å²) in [6.45, 7) is 5.93. The topological polar surface area (TPSA) is 58.6 Å². The van der Waals surface area contributed by atoms with Crippen LogP contribution in [-0.4, -0.2) is 35.9 Å². The zero-order valence-electron chi connectivity index (χ0n) is 16.3. The van der Waals surface area contributed by atoms with Gasteiger partial charge in [-0.3, -0.25) is 9.59 Å². The number of nitrogens with zero attached hydrogens (tertiary/aromatic N) is 1. The van der Waals surface area contributed by atoms with Gasteiger partial charge in [0.25, 0.3) is 0 Å². The van der Waals surface area contributed by atoms with Crippen molar-refractivity contribution in [3.8, 4) is 5.75 Å². The highest BCUT2D eigenvalue weighted by Crippen LogP contribution is 2.24. The molecular formula is C22H28N2O3. The van der Waals surface area contributed by atoms with Gasteiger partial charge in [-0.2, -0.15) is 0 Å². The molecule has 0 aliphatic carbocycles. The number of ether oxygens (including phenoxy) is 1. The minimum absolute atomic E-state index is 0.00903. The average molecular weight is 368 g/mol. The van der Waals surface area contributed by atoms with Crippen LogP contribution < -0.4 is 10.1 Å². The van der Waals surface area contributed by atoms with Crippen molar-refractivity contribution in [3.05, 3.63) is 60.2 Å². The zero-order valence-corrected chi connectivity index (χ0v) is 16.3. The number of aryl methyl sites for hydroxylation is 1. The zero-order chi connectivity index (χ0) is 19.6. The van der Waals surface area contributed by atoms with E-state index in [0.29, 0.717) is 18.0 Å². The number of nitrogens with one attached hydrogen (secondary N) is 1. The van der Waals surface area contributed by atoms with Crippen LogP contribution in [0, 0.1) is 0 Å². The molecule has 5 heteroatoms. The van der Waals surface area contributed by atoms with Gasteiger partial charge >= 0.3 is 0 Å². The maximum atomic E-state index is 12.4. The fraction of sp³-hybridized carbons (Fsp3) is 0.364. The summed E-state index contributed by atoms with van der Waals surface area (Å²) < 4.78 is 5.72. The maximum Gasteiger partial charge on any atom is 0.244 e. The molecule has 5 nitrogen and oxygen atoms in total. The number of carbonyl (C=O) groups excluding carboxylic acids is 2. The SMILES string of the molecule is CC(=O)N(CCCc1ccccc1)CC(=O)Nc1ccccc1OC(C)C. The van der Waals surface area contributed by atoms with E-state index in [1.54, 1.807) is 11.0 Å². The van der Waals surface area contributed by atoms with Crippen LogP contribution in [-0.2, 0) is 16.0 Å². The van der Waals surface area contributed by atoms with Crippen LogP contribution in [0.4, 0.5) is 5.69 Å². The van der Waals surface area contributed by atoms with E-state index < -0.39 is 0 Å². The van der Waals surface area contributed by atoms with Crippen molar-refractivity contribution >= 4 is 17.5 Å². The molecule has 144 valence electrons. The Morgan fingerprint density at radius 2 is 1.70 bits per heavy atom. The second-order valence-corrected chi connectivity index (χ2v) is 6.74. The van der Waals surface area contributed by atoms with Crippen molar-refractivity contribution in [2.45, 2.75) is 39.7 Å². The van der Waals surface area contributed by atoms with Gasteiger partial charge in [-0.05, 0) is 44.4 Å². The minimum Gasteiger partial charge on any atom is -0.489 e. The third-order valence-corrected chi connectivity index (χ3v) is 4.04. The monoisotopic (exact) mass is 368 g/mol. The molecule has 0 aromatic heterocycles. The molecule has 0 saturated heterocycles. The number of carbonyl (C=O) groups is 2. The summed E-state index contributed by atoms with van der Waals surface area (Å²) >= 11 is 0. The van der Waals surface area contributed by atoms with E-state index in [1.807, 2.05) is 50.2 Å². The van der Waals surface area contributed by atoms with Crippen molar-refractivity contribution in [1.82, 2.24) is 4.90 Å². The smallest absolute Gasteiger partial charge is 0.244 e. The number of amides is 2. The molecule has 0 bridgehead atoms. The largest absolute Gasteiger partial charge is 0.489 e. The van der Waals surface area contributed by atoms with Crippen LogP contribution in [0.2, 0.25) is 0 Å². The average Bonchev–Trinajstić information content (AvgIpc) is 2.63. The fourth-order valence-electron chi connectivity index (χ4n) is 2.76. The summed E-state index contributed by atoms with van der Waals surface area (Å²) in [6, 6.07) is 17.4. The Morgan fingerprint density at radius 3 is 2.37 bits per heavy atom. The normalized spacial score (nSPS) is 10.5. The lowest BCUT2D eigenvalue weighted by molar-refractivity contribution is -0.132. The Balaban J connectivity index is 1.90. The van der Waals surface area contributed by atoms with Crippen molar-refractivity contribution in [2.75, 3.05) is 18.4 Å². The van der Waals surface area contributed by atoms with Gasteiger partial charge in [-0.1, -0.05) is 42.5 Å². The lowest BCUT2D eigenvalue weighted by Gasteiger charge is -2.21. The molecule has 1 N–H and O–H groups in total. The van der Waals surface area contributed by atoms with E-state index in [-0.39, 0.29) is 24.5 Å². The first-order valence-electron chi connectivity index (χ1n) is 9.30. The predicted octanol–water partition coefficient (Wildman–Crippen LogP) is 3.89. The van der Waals surface area contributed by atoms with E-state index in [0.717, 1.165) is 12.8 Å². The molecular weight excluding hydrogens is 340 g/mol. The van der Waals surface area contributed by atoms with Gasteiger partial charge in [0.05, 0.1) is 18.3 Å². The summed E-state index contributed by atoms with van der Waals surface area (Å²) in [4.78, 5) is 25.9.